The smallest absolute Gasteiger partial charge is 0.0437 e. The Morgan fingerprint density at radius 3 is 2.67 bits per heavy atom. The first-order chi connectivity index (χ1) is 7.27. The molecule has 82 valence electrons. The van der Waals surface area contributed by atoms with E-state index < -0.39 is 0 Å². The minimum Gasteiger partial charge on any atom is -0.123 e. The molecule has 2 heteroatoms. The molecule has 0 saturated heterocycles. The fourth-order valence-corrected chi connectivity index (χ4v) is 2.52. The number of hydrogen-bond donors (Lipinski definition) is 0. The van der Waals surface area contributed by atoms with Crippen molar-refractivity contribution >= 4 is 23.2 Å². The van der Waals surface area contributed by atoms with E-state index in [1.54, 1.807) is 0 Å². The third kappa shape index (κ3) is 3.39. The maximum Gasteiger partial charge on any atom is 0.0437 e. The third-order valence-corrected chi connectivity index (χ3v) is 3.96. The first kappa shape index (κ1) is 11.3. The lowest BCUT2D eigenvalue weighted by atomic mass is 10.1. The van der Waals surface area contributed by atoms with Gasteiger partial charge in [-0.05, 0) is 49.7 Å². The maximum atomic E-state index is 6.25. The van der Waals surface area contributed by atoms with E-state index in [-0.39, 0.29) is 0 Å². The zero-order valence-corrected chi connectivity index (χ0v) is 10.3. The van der Waals surface area contributed by atoms with Crippen molar-refractivity contribution in [3.8, 4) is 0 Å². The lowest BCUT2D eigenvalue weighted by molar-refractivity contribution is 0.637. The van der Waals surface area contributed by atoms with E-state index in [1.807, 2.05) is 18.2 Å². The van der Waals surface area contributed by atoms with E-state index in [4.69, 9.17) is 23.2 Å². The van der Waals surface area contributed by atoms with Crippen molar-refractivity contribution in [2.24, 2.45) is 5.92 Å². The molecule has 15 heavy (non-hydrogen) atoms. The monoisotopic (exact) mass is 242 g/mol. The highest BCUT2D eigenvalue weighted by Crippen LogP contribution is 2.37. The number of hydrogen-bond acceptors (Lipinski definition) is 0. The standard InChI is InChI=1S/C13H16Cl2/c14-12-6-2-1-4-10(12)5-3-7-13(15)11-8-9-11/h1-2,4,6,11,13H,3,5,7-9H2. The summed E-state index contributed by atoms with van der Waals surface area (Å²) in [4.78, 5) is 0. The highest BCUT2D eigenvalue weighted by molar-refractivity contribution is 6.31. The van der Waals surface area contributed by atoms with Crippen LogP contribution in [0.25, 0.3) is 0 Å². The molecule has 1 saturated carbocycles. The van der Waals surface area contributed by atoms with Gasteiger partial charge in [0, 0.05) is 10.4 Å². The van der Waals surface area contributed by atoms with E-state index in [0.29, 0.717) is 5.38 Å². The van der Waals surface area contributed by atoms with Crippen molar-refractivity contribution in [3.05, 3.63) is 34.9 Å². The third-order valence-electron chi connectivity index (χ3n) is 3.02. The van der Waals surface area contributed by atoms with Crippen molar-refractivity contribution in [1.29, 1.82) is 0 Å². The number of rotatable bonds is 5. The van der Waals surface area contributed by atoms with Crippen molar-refractivity contribution in [2.45, 2.75) is 37.5 Å². The summed E-state index contributed by atoms with van der Waals surface area (Å²) in [6.07, 6.45) is 5.99. The van der Waals surface area contributed by atoms with Gasteiger partial charge in [0.25, 0.3) is 0 Å². The van der Waals surface area contributed by atoms with Crippen molar-refractivity contribution < 1.29 is 0 Å². The zero-order valence-electron chi connectivity index (χ0n) is 8.76. The molecule has 1 atom stereocenters. The summed E-state index contributed by atoms with van der Waals surface area (Å²) in [7, 11) is 0. The van der Waals surface area contributed by atoms with Gasteiger partial charge >= 0.3 is 0 Å². The molecule has 0 bridgehead atoms. The molecule has 0 heterocycles. The Morgan fingerprint density at radius 1 is 1.27 bits per heavy atom. The summed E-state index contributed by atoms with van der Waals surface area (Å²) in [6, 6.07) is 8.07. The van der Waals surface area contributed by atoms with Crippen LogP contribution in [0.3, 0.4) is 0 Å². The number of halogens is 2. The molecular formula is C13H16Cl2. The van der Waals surface area contributed by atoms with Gasteiger partial charge in [0.2, 0.25) is 0 Å². The first-order valence-electron chi connectivity index (χ1n) is 5.65. The molecular weight excluding hydrogens is 227 g/mol. The predicted molar refractivity (Wildman–Crippen MR) is 66.8 cm³/mol. The van der Waals surface area contributed by atoms with Gasteiger partial charge in [-0.15, -0.1) is 11.6 Å². The molecule has 1 aromatic carbocycles. The Kier molecular flexibility index (Phi) is 3.93. The predicted octanol–water partition coefficient (Wildman–Crippen LogP) is 4.68. The summed E-state index contributed by atoms with van der Waals surface area (Å²) in [6.45, 7) is 0. The van der Waals surface area contributed by atoms with E-state index in [1.165, 1.54) is 18.4 Å². The maximum absolute atomic E-state index is 6.25. The van der Waals surface area contributed by atoms with Crippen LogP contribution in [-0.4, -0.2) is 5.38 Å². The molecule has 0 radical (unpaired) electrons. The number of alkyl halides is 1. The Balaban J connectivity index is 1.75. The highest BCUT2D eigenvalue weighted by atomic mass is 35.5. The summed E-state index contributed by atoms with van der Waals surface area (Å²) in [5, 5.41) is 1.28. The fourth-order valence-electron chi connectivity index (χ4n) is 1.88. The summed E-state index contributed by atoms with van der Waals surface area (Å²) in [5.41, 5.74) is 1.25. The normalized spacial score (nSPS) is 17.7. The molecule has 2 rings (SSSR count). The van der Waals surface area contributed by atoms with Crippen molar-refractivity contribution in [2.75, 3.05) is 0 Å². The van der Waals surface area contributed by atoms with Gasteiger partial charge < -0.3 is 0 Å². The van der Waals surface area contributed by atoms with Gasteiger partial charge in [-0.2, -0.15) is 0 Å². The van der Waals surface area contributed by atoms with Crippen LogP contribution in [0.2, 0.25) is 5.02 Å². The van der Waals surface area contributed by atoms with E-state index >= 15 is 0 Å². The summed E-state index contributed by atoms with van der Waals surface area (Å²) >= 11 is 12.3. The van der Waals surface area contributed by atoms with Crippen LogP contribution in [0.4, 0.5) is 0 Å². The lowest BCUT2D eigenvalue weighted by Crippen LogP contribution is -2.01. The first-order valence-corrected chi connectivity index (χ1v) is 6.46. The summed E-state index contributed by atoms with van der Waals surface area (Å²) in [5.74, 6) is 0.804. The molecule has 0 amide bonds. The van der Waals surface area contributed by atoms with Crippen LogP contribution < -0.4 is 0 Å². The second-order valence-electron chi connectivity index (χ2n) is 4.34. The average Bonchev–Trinajstić information content (AvgIpc) is 3.04. The largest absolute Gasteiger partial charge is 0.123 e. The quantitative estimate of drug-likeness (QED) is 0.658. The molecule has 1 aliphatic rings. The minimum atomic E-state index is 0.396. The number of aryl methyl sites for hydroxylation is 1. The topological polar surface area (TPSA) is 0 Å². The number of benzene rings is 1. The molecule has 0 N–H and O–H groups in total. The van der Waals surface area contributed by atoms with Crippen LogP contribution in [-0.2, 0) is 6.42 Å². The second kappa shape index (κ2) is 5.23. The van der Waals surface area contributed by atoms with Gasteiger partial charge in [-0.1, -0.05) is 29.8 Å². The molecule has 0 spiro atoms. The SMILES string of the molecule is Clc1ccccc1CCCC(Cl)C1CC1. The van der Waals surface area contributed by atoms with E-state index in [9.17, 15) is 0 Å². The Bertz CT molecular complexity index is 318. The molecule has 1 fully saturated rings. The second-order valence-corrected chi connectivity index (χ2v) is 5.30. The fraction of sp³-hybridized carbons (Fsp3) is 0.538. The Labute approximate surface area is 102 Å². The van der Waals surface area contributed by atoms with Crippen LogP contribution in [0.5, 0.6) is 0 Å². The molecule has 0 nitrogen and oxygen atoms in total. The van der Waals surface area contributed by atoms with Gasteiger partial charge in [-0.25, -0.2) is 0 Å². The van der Waals surface area contributed by atoms with Crippen LogP contribution in [0.1, 0.15) is 31.2 Å². The molecule has 1 aliphatic carbocycles. The zero-order chi connectivity index (χ0) is 10.7. The summed E-state index contributed by atoms with van der Waals surface area (Å²) < 4.78 is 0. The Morgan fingerprint density at radius 2 is 2.00 bits per heavy atom. The van der Waals surface area contributed by atoms with Gasteiger partial charge in [0.05, 0.1) is 0 Å². The van der Waals surface area contributed by atoms with Crippen LogP contribution in [0, 0.1) is 5.92 Å². The molecule has 1 aromatic rings. The Hall–Kier alpha value is -0.200. The lowest BCUT2D eigenvalue weighted by Gasteiger charge is -2.08. The molecule has 0 aliphatic heterocycles. The van der Waals surface area contributed by atoms with Gasteiger partial charge in [-0.3, -0.25) is 0 Å². The minimum absolute atomic E-state index is 0.396. The molecule has 0 aromatic heterocycles. The van der Waals surface area contributed by atoms with E-state index in [2.05, 4.69) is 6.07 Å². The molecule has 1 unspecified atom stereocenters. The van der Waals surface area contributed by atoms with Gasteiger partial charge in [0.15, 0.2) is 0 Å². The van der Waals surface area contributed by atoms with Crippen LogP contribution in [0.15, 0.2) is 24.3 Å². The van der Waals surface area contributed by atoms with Crippen LogP contribution >= 0.6 is 23.2 Å². The average molecular weight is 243 g/mol. The highest BCUT2D eigenvalue weighted by Gasteiger charge is 2.28. The van der Waals surface area contributed by atoms with Crippen molar-refractivity contribution in [3.63, 3.8) is 0 Å². The van der Waals surface area contributed by atoms with Crippen molar-refractivity contribution in [1.82, 2.24) is 0 Å². The van der Waals surface area contributed by atoms with Gasteiger partial charge in [0.1, 0.15) is 0 Å². The van der Waals surface area contributed by atoms with E-state index in [0.717, 1.165) is 30.2 Å².